The second-order valence-electron chi connectivity index (χ2n) is 6.81. The van der Waals surface area contributed by atoms with Crippen LogP contribution in [0.25, 0.3) is 11.0 Å². The van der Waals surface area contributed by atoms with Crippen molar-refractivity contribution in [2.45, 2.75) is 24.7 Å². The monoisotopic (exact) mass is 393 g/mol. The van der Waals surface area contributed by atoms with E-state index in [0.717, 1.165) is 12.8 Å². The quantitative estimate of drug-likeness (QED) is 0.592. The van der Waals surface area contributed by atoms with Gasteiger partial charge in [0.15, 0.2) is 5.65 Å². The number of hydrogen-bond acceptors (Lipinski definition) is 7. The Morgan fingerprint density at radius 1 is 1.21 bits per heavy atom. The fraction of sp³-hybridized carbons (Fsp3) is 0.353. The molecule has 4 rings (SSSR count). The third kappa shape index (κ3) is 4.09. The molecule has 1 saturated carbocycles. The Kier molecular flexibility index (Phi) is 4.26. The fourth-order valence-corrected chi connectivity index (χ4v) is 2.67. The van der Waals surface area contributed by atoms with Crippen molar-refractivity contribution in [2.24, 2.45) is 12.8 Å². The number of alkyl halides is 3. The minimum absolute atomic E-state index is 0.216. The average molecular weight is 393 g/mol. The molecule has 0 aliphatic heterocycles. The summed E-state index contributed by atoms with van der Waals surface area (Å²) in [5, 5.41) is 11.1. The molecule has 0 radical (unpaired) electrons. The van der Waals surface area contributed by atoms with Gasteiger partial charge in [0.25, 0.3) is 0 Å². The predicted molar refractivity (Wildman–Crippen MR) is 97.4 cm³/mol. The van der Waals surface area contributed by atoms with Crippen LogP contribution < -0.4 is 21.1 Å². The van der Waals surface area contributed by atoms with Gasteiger partial charge in [-0.3, -0.25) is 4.68 Å². The molecule has 0 unspecified atom stereocenters. The molecule has 3 aromatic rings. The van der Waals surface area contributed by atoms with Crippen molar-refractivity contribution in [1.82, 2.24) is 19.7 Å². The first-order valence-corrected chi connectivity index (χ1v) is 8.56. The van der Waals surface area contributed by atoms with Crippen molar-refractivity contribution in [2.75, 3.05) is 17.2 Å². The van der Waals surface area contributed by atoms with Crippen LogP contribution in [0.4, 0.5) is 30.6 Å². The molecule has 148 valence electrons. The molecule has 0 bridgehead atoms. The van der Waals surface area contributed by atoms with E-state index in [9.17, 15) is 13.2 Å². The molecule has 1 aliphatic rings. The molecular weight excluding hydrogens is 375 g/mol. The molecule has 1 aromatic carbocycles. The highest BCUT2D eigenvalue weighted by Gasteiger charge is 2.38. The van der Waals surface area contributed by atoms with Gasteiger partial charge in [0.2, 0.25) is 5.95 Å². The van der Waals surface area contributed by atoms with E-state index in [1.54, 1.807) is 17.9 Å². The number of nitrogens with one attached hydrogen (secondary N) is 2. The Bertz CT molecular complexity index is 996. The van der Waals surface area contributed by atoms with Crippen molar-refractivity contribution < 1.29 is 17.9 Å². The number of nitrogens with two attached hydrogens (primary N) is 1. The molecule has 0 amide bonds. The topological polar surface area (TPSA) is 103 Å². The standard InChI is InChI=1S/C17H18F3N7O/c1-27-14-12(8-23-27)13(25-15(26-14)22-9-16(21)6-7-16)24-10-2-4-11(5-3-10)28-17(18,19)20/h2-5,8H,6-7,9,21H2,1H3,(H2,22,24,25,26). The van der Waals surface area contributed by atoms with Gasteiger partial charge in [0.1, 0.15) is 11.6 Å². The van der Waals surface area contributed by atoms with E-state index in [1.807, 2.05) is 0 Å². The van der Waals surface area contributed by atoms with Crippen LogP contribution >= 0.6 is 0 Å². The number of hydrogen-bond donors (Lipinski definition) is 3. The van der Waals surface area contributed by atoms with Crippen molar-refractivity contribution in [1.29, 1.82) is 0 Å². The van der Waals surface area contributed by atoms with E-state index >= 15 is 0 Å². The zero-order valence-corrected chi connectivity index (χ0v) is 14.9. The van der Waals surface area contributed by atoms with Crippen molar-refractivity contribution in [3.05, 3.63) is 30.5 Å². The van der Waals surface area contributed by atoms with Gasteiger partial charge in [-0.05, 0) is 37.1 Å². The second kappa shape index (κ2) is 6.51. The van der Waals surface area contributed by atoms with Gasteiger partial charge < -0.3 is 21.1 Å². The molecule has 1 aliphatic carbocycles. The molecule has 4 N–H and O–H groups in total. The number of fused-ring (bicyclic) bond motifs is 1. The van der Waals surface area contributed by atoms with Gasteiger partial charge in [-0.2, -0.15) is 15.1 Å². The van der Waals surface area contributed by atoms with Gasteiger partial charge in [-0.1, -0.05) is 0 Å². The highest BCUT2D eigenvalue weighted by atomic mass is 19.4. The van der Waals surface area contributed by atoms with Gasteiger partial charge in [-0.25, -0.2) is 0 Å². The second-order valence-corrected chi connectivity index (χ2v) is 6.81. The minimum atomic E-state index is -4.73. The molecule has 11 heteroatoms. The summed E-state index contributed by atoms with van der Waals surface area (Å²) >= 11 is 0. The van der Waals surface area contributed by atoms with Crippen LogP contribution in [0.5, 0.6) is 5.75 Å². The largest absolute Gasteiger partial charge is 0.573 e. The number of benzene rings is 1. The lowest BCUT2D eigenvalue weighted by Crippen LogP contribution is -2.31. The predicted octanol–water partition coefficient (Wildman–Crippen LogP) is 2.91. The third-order valence-corrected chi connectivity index (χ3v) is 4.43. The van der Waals surface area contributed by atoms with Crippen molar-refractivity contribution >= 4 is 28.5 Å². The first kappa shape index (κ1) is 18.3. The van der Waals surface area contributed by atoms with Gasteiger partial charge >= 0.3 is 6.36 Å². The smallest absolute Gasteiger partial charge is 0.406 e. The maximum absolute atomic E-state index is 12.3. The van der Waals surface area contributed by atoms with E-state index in [-0.39, 0.29) is 11.3 Å². The third-order valence-electron chi connectivity index (χ3n) is 4.43. The zero-order chi connectivity index (χ0) is 19.9. The molecule has 28 heavy (non-hydrogen) atoms. The number of aromatic nitrogens is 4. The van der Waals surface area contributed by atoms with Crippen LogP contribution in [0, 0.1) is 0 Å². The summed E-state index contributed by atoms with van der Waals surface area (Å²) in [5.74, 6) is 0.576. The number of ether oxygens (including phenoxy) is 1. The highest BCUT2D eigenvalue weighted by molar-refractivity contribution is 5.89. The van der Waals surface area contributed by atoms with Gasteiger partial charge in [0, 0.05) is 24.8 Å². The van der Waals surface area contributed by atoms with Gasteiger partial charge in [0.05, 0.1) is 11.6 Å². The van der Waals surface area contributed by atoms with Crippen molar-refractivity contribution in [3.63, 3.8) is 0 Å². The molecule has 0 saturated heterocycles. The molecule has 1 fully saturated rings. The maximum atomic E-state index is 12.3. The summed E-state index contributed by atoms with van der Waals surface area (Å²) in [6, 6.07) is 5.39. The average Bonchev–Trinajstić information content (AvgIpc) is 3.25. The van der Waals surface area contributed by atoms with Gasteiger partial charge in [-0.15, -0.1) is 13.2 Å². The summed E-state index contributed by atoms with van der Waals surface area (Å²) in [6.45, 7) is 0.555. The number of rotatable bonds is 6. The Morgan fingerprint density at radius 3 is 2.57 bits per heavy atom. The van der Waals surface area contributed by atoms with Crippen molar-refractivity contribution in [3.8, 4) is 5.75 Å². The summed E-state index contributed by atoms with van der Waals surface area (Å²) in [6.07, 6.45) is -1.21. The lowest BCUT2D eigenvalue weighted by Gasteiger charge is -2.13. The Hall–Kier alpha value is -3.08. The van der Waals surface area contributed by atoms with Crippen LogP contribution in [0.15, 0.2) is 30.5 Å². The van der Waals surface area contributed by atoms with E-state index in [2.05, 4.69) is 30.4 Å². The van der Waals surface area contributed by atoms with Crippen LogP contribution in [0.1, 0.15) is 12.8 Å². The summed E-state index contributed by atoms with van der Waals surface area (Å²) in [4.78, 5) is 8.93. The Balaban J connectivity index is 1.58. The van der Waals surface area contributed by atoms with Crippen LogP contribution in [0.2, 0.25) is 0 Å². The molecule has 8 nitrogen and oxygen atoms in total. The SMILES string of the molecule is Cn1ncc2c(Nc3ccc(OC(F)(F)F)cc3)nc(NCC3(N)CC3)nc21. The van der Waals surface area contributed by atoms with E-state index < -0.39 is 6.36 Å². The maximum Gasteiger partial charge on any atom is 0.573 e. The van der Waals surface area contributed by atoms with E-state index in [0.29, 0.717) is 35.0 Å². The normalized spacial score (nSPS) is 15.5. The number of anilines is 3. The number of aryl methyl sites for hydroxylation is 1. The minimum Gasteiger partial charge on any atom is -0.406 e. The Morgan fingerprint density at radius 2 is 1.93 bits per heavy atom. The Labute approximate surface area is 157 Å². The molecule has 2 heterocycles. The lowest BCUT2D eigenvalue weighted by molar-refractivity contribution is -0.274. The van der Waals surface area contributed by atoms with Crippen LogP contribution in [-0.4, -0.2) is 38.2 Å². The lowest BCUT2D eigenvalue weighted by atomic mass is 10.3. The number of nitrogens with zero attached hydrogens (tertiary/aromatic N) is 4. The molecule has 0 atom stereocenters. The van der Waals surface area contributed by atoms with Crippen LogP contribution in [0.3, 0.4) is 0 Å². The van der Waals surface area contributed by atoms with E-state index in [4.69, 9.17) is 5.73 Å². The fourth-order valence-electron chi connectivity index (χ4n) is 2.67. The summed E-state index contributed by atoms with van der Waals surface area (Å²) < 4.78 is 42.4. The van der Waals surface area contributed by atoms with E-state index in [1.165, 1.54) is 24.3 Å². The first-order valence-electron chi connectivity index (χ1n) is 8.56. The zero-order valence-electron chi connectivity index (χ0n) is 14.9. The molecule has 2 aromatic heterocycles. The first-order chi connectivity index (χ1) is 13.2. The summed E-state index contributed by atoms with van der Waals surface area (Å²) in [7, 11) is 1.76. The molecular formula is C17H18F3N7O. The molecule has 0 spiro atoms. The van der Waals surface area contributed by atoms with Crippen LogP contribution in [-0.2, 0) is 7.05 Å². The highest BCUT2D eigenvalue weighted by Crippen LogP contribution is 2.32. The summed E-state index contributed by atoms with van der Waals surface area (Å²) in [5.41, 5.74) is 7.03. The number of halogens is 3.